The number of nitrogens with zero attached hydrogens (tertiary/aromatic N) is 2. The fourth-order valence-electron chi connectivity index (χ4n) is 4.20. The lowest BCUT2D eigenvalue weighted by Gasteiger charge is -2.42. The van der Waals surface area contributed by atoms with Gasteiger partial charge in [-0.1, -0.05) is 18.2 Å². The van der Waals surface area contributed by atoms with Crippen LogP contribution in [0.4, 0.5) is 23.2 Å². The van der Waals surface area contributed by atoms with E-state index in [4.69, 9.17) is 0 Å². The van der Waals surface area contributed by atoms with Crippen molar-refractivity contribution in [2.45, 2.75) is 33.8 Å². The van der Waals surface area contributed by atoms with Crippen LogP contribution in [-0.4, -0.2) is 63.9 Å². The van der Waals surface area contributed by atoms with Crippen LogP contribution in [0.1, 0.15) is 12.5 Å². The average molecular weight is 593 g/mol. The Labute approximate surface area is 221 Å². The molecule has 1 N–H and O–H groups in total. The van der Waals surface area contributed by atoms with Crippen molar-refractivity contribution in [1.82, 2.24) is 4.31 Å². The second kappa shape index (κ2) is 10.2. The zero-order chi connectivity index (χ0) is 27.9. The predicted octanol–water partition coefficient (Wildman–Crippen LogP) is 4.01. The maximum atomic E-state index is 13.4. The normalized spacial score (nSPS) is 19.3. The van der Waals surface area contributed by atoms with E-state index in [1.54, 1.807) is 16.3 Å². The molecule has 0 unspecified atom stereocenters. The van der Waals surface area contributed by atoms with Gasteiger partial charge in [0.1, 0.15) is 10.0 Å². The fourth-order valence-corrected chi connectivity index (χ4v) is 8.35. The average Bonchev–Trinajstić information content (AvgIpc) is 3.39. The van der Waals surface area contributed by atoms with Crippen molar-refractivity contribution in [3.63, 3.8) is 0 Å². The first kappa shape index (κ1) is 28.5. The van der Waals surface area contributed by atoms with Crippen LogP contribution >= 0.6 is 11.3 Å². The van der Waals surface area contributed by atoms with Crippen LogP contribution in [0, 0.1) is 5.82 Å². The third kappa shape index (κ3) is 5.59. The predicted molar refractivity (Wildman–Crippen MR) is 135 cm³/mol. The molecular weight excluding hydrogens is 568 g/mol. The summed E-state index contributed by atoms with van der Waals surface area (Å²) in [6.45, 7) is 0.496. The Bertz CT molecular complexity index is 1470. The second-order valence-electron chi connectivity index (χ2n) is 8.99. The number of piperazine rings is 1. The summed E-state index contributed by atoms with van der Waals surface area (Å²) in [5.74, 6) is -1.15. The largest absolute Gasteiger partial charge is 0.421 e. The van der Waals surface area contributed by atoms with Crippen molar-refractivity contribution in [3.05, 3.63) is 77.4 Å². The van der Waals surface area contributed by atoms with Gasteiger partial charge in [0, 0.05) is 25.3 Å². The number of thiophene rings is 1. The molecule has 0 radical (unpaired) electrons. The zero-order valence-electron chi connectivity index (χ0n) is 20.0. The summed E-state index contributed by atoms with van der Waals surface area (Å²) in [5.41, 5.74) is -3.13. The number of alkyl halides is 3. The molecule has 206 valence electrons. The van der Waals surface area contributed by atoms with Gasteiger partial charge in [-0.15, -0.1) is 11.3 Å². The van der Waals surface area contributed by atoms with Crippen molar-refractivity contribution in [3.8, 4) is 0 Å². The molecule has 0 saturated carbocycles. The van der Waals surface area contributed by atoms with Crippen molar-refractivity contribution in [2.24, 2.45) is 0 Å². The summed E-state index contributed by atoms with van der Waals surface area (Å²) in [7, 11) is -7.91. The van der Waals surface area contributed by atoms with Crippen LogP contribution in [-0.2, 0) is 25.5 Å². The molecular formula is C24H24F4N2O5S3. The molecule has 0 spiro atoms. The lowest BCUT2D eigenvalue weighted by atomic mass is 9.95. The van der Waals surface area contributed by atoms with Gasteiger partial charge in [-0.3, -0.25) is 0 Å². The third-order valence-electron chi connectivity index (χ3n) is 6.43. The summed E-state index contributed by atoms with van der Waals surface area (Å²) in [6, 6.07) is 11.2. The van der Waals surface area contributed by atoms with E-state index in [0.29, 0.717) is 12.6 Å². The first-order chi connectivity index (χ1) is 17.6. The minimum atomic E-state index is -4.91. The van der Waals surface area contributed by atoms with Crippen LogP contribution in [0.25, 0.3) is 0 Å². The van der Waals surface area contributed by atoms with E-state index in [9.17, 15) is 39.5 Å². The first-order valence-corrected chi connectivity index (χ1v) is 15.3. The molecule has 2 atom stereocenters. The van der Waals surface area contributed by atoms with Crippen molar-refractivity contribution in [2.75, 3.05) is 30.3 Å². The Morgan fingerprint density at radius 1 is 0.974 bits per heavy atom. The van der Waals surface area contributed by atoms with E-state index in [2.05, 4.69) is 0 Å². The van der Waals surface area contributed by atoms with Crippen molar-refractivity contribution >= 4 is 36.9 Å². The molecule has 1 fully saturated rings. The lowest BCUT2D eigenvalue weighted by molar-refractivity contribution is -0.258. The van der Waals surface area contributed by atoms with Gasteiger partial charge in [-0.05, 0) is 60.3 Å². The minimum Gasteiger partial charge on any atom is -0.376 e. The third-order valence-corrected chi connectivity index (χ3v) is 11.5. The first-order valence-electron chi connectivity index (χ1n) is 11.3. The van der Waals surface area contributed by atoms with Gasteiger partial charge in [0.25, 0.3) is 10.0 Å². The SMILES string of the molecule is C[C@](O)(c1ccc(N2CCN(S(=O)(=O)c3cccs3)C[C@@H]2CS(=O)(=O)c2ccc(F)cc2)cc1)C(F)(F)F. The van der Waals surface area contributed by atoms with E-state index < -0.39 is 54.8 Å². The second-order valence-corrected chi connectivity index (χ2v) is 14.1. The molecule has 1 aliphatic rings. The summed E-state index contributed by atoms with van der Waals surface area (Å²) in [4.78, 5) is 1.47. The number of halogens is 4. The quantitative estimate of drug-likeness (QED) is 0.329. The van der Waals surface area contributed by atoms with Gasteiger partial charge in [0.15, 0.2) is 15.4 Å². The molecule has 0 aliphatic carbocycles. The number of rotatable bonds is 7. The molecule has 1 saturated heterocycles. The van der Waals surface area contributed by atoms with Crippen molar-refractivity contribution < 1.29 is 39.5 Å². The van der Waals surface area contributed by atoms with Crippen LogP contribution in [0.3, 0.4) is 0 Å². The number of hydrogen-bond acceptors (Lipinski definition) is 7. The molecule has 14 heteroatoms. The highest BCUT2D eigenvalue weighted by atomic mass is 32.2. The van der Waals surface area contributed by atoms with Crippen molar-refractivity contribution in [1.29, 1.82) is 0 Å². The van der Waals surface area contributed by atoms with Gasteiger partial charge >= 0.3 is 6.18 Å². The zero-order valence-corrected chi connectivity index (χ0v) is 22.4. The van der Waals surface area contributed by atoms with E-state index in [0.717, 1.165) is 47.7 Å². The molecule has 1 aromatic heterocycles. The molecule has 0 amide bonds. The summed E-state index contributed by atoms with van der Waals surface area (Å²) >= 11 is 1.03. The minimum absolute atomic E-state index is 0.00927. The van der Waals surface area contributed by atoms with Gasteiger partial charge in [0.05, 0.1) is 16.7 Å². The number of sulfonamides is 1. The summed E-state index contributed by atoms with van der Waals surface area (Å²) in [6.07, 6.45) is -4.91. The van der Waals surface area contributed by atoms with Gasteiger partial charge in [-0.25, -0.2) is 21.2 Å². The molecule has 3 aromatic rings. The monoisotopic (exact) mass is 592 g/mol. The lowest BCUT2D eigenvalue weighted by Crippen LogP contribution is -2.57. The van der Waals surface area contributed by atoms with Gasteiger partial charge in [-0.2, -0.15) is 17.5 Å². The summed E-state index contributed by atoms with van der Waals surface area (Å²) < 4.78 is 107. The fraction of sp³-hybridized carbons (Fsp3) is 0.333. The number of anilines is 1. The van der Waals surface area contributed by atoms with E-state index in [1.807, 2.05) is 0 Å². The van der Waals surface area contributed by atoms with Crippen LogP contribution in [0.15, 0.2) is 75.1 Å². The van der Waals surface area contributed by atoms with E-state index >= 15 is 0 Å². The van der Waals surface area contributed by atoms with Crippen LogP contribution in [0.2, 0.25) is 0 Å². The molecule has 1 aliphatic heterocycles. The number of aliphatic hydroxyl groups is 1. The van der Waals surface area contributed by atoms with E-state index in [1.165, 1.54) is 22.5 Å². The molecule has 7 nitrogen and oxygen atoms in total. The molecule has 2 heterocycles. The Morgan fingerprint density at radius 3 is 2.16 bits per heavy atom. The Morgan fingerprint density at radius 2 is 1.61 bits per heavy atom. The molecule has 2 aromatic carbocycles. The molecule has 4 rings (SSSR count). The number of sulfone groups is 1. The van der Waals surface area contributed by atoms with Gasteiger partial charge < -0.3 is 10.0 Å². The maximum absolute atomic E-state index is 13.4. The Hall–Kier alpha value is -2.52. The number of hydrogen-bond donors (Lipinski definition) is 1. The van der Waals surface area contributed by atoms with Crippen LogP contribution < -0.4 is 4.90 Å². The Balaban J connectivity index is 1.67. The highest BCUT2D eigenvalue weighted by Gasteiger charge is 2.51. The maximum Gasteiger partial charge on any atom is 0.421 e. The topological polar surface area (TPSA) is 95.0 Å². The highest BCUT2D eigenvalue weighted by molar-refractivity contribution is 7.91. The molecule has 0 bridgehead atoms. The van der Waals surface area contributed by atoms with Crippen LogP contribution in [0.5, 0.6) is 0 Å². The van der Waals surface area contributed by atoms with E-state index in [-0.39, 0.29) is 28.7 Å². The van der Waals surface area contributed by atoms with Gasteiger partial charge in [0.2, 0.25) is 0 Å². The summed E-state index contributed by atoms with van der Waals surface area (Å²) in [5, 5.41) is 11.6. The Kier molecular flexibility index (Phi) is 7.67. The smallest absolute Gasteiger partial charge is 0.376 e. The standard InChI is InChI=1S/C24H24F4N2O5S3/c1-23(31,24(26,27)28)17-4-8-19(9-5-17)30-13-12-29(38(34,35)22-3-2-14-36-22)15-20(30)16-37(32,33)21-10-6-18(25)7-11-21/h2-11,14,20,31H,12-13,15-16H2,1H3/t20-,23+/m1/s1. The molecule has 38 heavy (non-hydrogen) atoms. The number of benzene rings is 2. The highest BCUT2D eigenvalue weighted by Crippen LogP contribution is 2.39.